The third-order valence-corrected chi connectivity index (χ3v) is 5.17. The Kier molecular flexibility index (Phi) is 4.88. The van der Waals surface area contributed by atoms with Gasteiger partial charge in [0.05, 0.1) is 6.61 Å². The van der Waals surface area contributed by atoms with Crippen LogP contribution in [-0.4, -0.2) is 43.3 Å². The van der Waals surface area contributed by atoms with Crippen LogP contribution in [0.25, 0.3) is 0 Å². The number of carbonyl (C=O) groups excluding carboxylic acids is 1. The lowest BCUT2D eigenvalue weighted by Gasteiger charge is -2.34. The van der Waals surface area contributed by atoms with Crippen molar-refractivity contribution in [3.8, 4) is 0 Å². The van der Waals surface area contributed by atoms with E-state index in [0.29, 0.717) is 12.8 Å². The quantitative estimate of drug-likeness (QED) is 0.734. The molecular weight excluding hydrogens is 315 g/mol. The van der Waals surface area contributed by atoms with Gasteiger partial charge in [0.2, 0.25) is 10.0 Å². The van der Waals surface area contributed by atoms with Gasteiger partial charge in [0.25, 0.3) is 0 Å². The number of sulfonamides is 1. The number of hydrogen-bond acceptors (Lipinski definition) is 5. The van der Waals surface area contributed by atoms with Crippen molar-refractivity contribution < 1.29 is 27.4 Å². The van der Waals surface area contributed by atoms with E-state index in [1.54, 1.807) is 6.92 Å². The van der Waals surface area contributed by atoms with E-state index in [1.807, 2.05) is 0 Å². The predicted molar refractivity (Wildman–Crippen MR) is 75.2 cm³/mol. The third-order valence-electron chi connectivity index (χ3n) is 3.66. The predicted octanol–water partition coefficient (Wildman–Crippen LogP) is 0.390. The number of halogens is 1. The average molecular weight is 334 g/mol. The number of ether oxygens (including phenoxy) is 1. The first-order chi connectivity index (χ1) is 10.3. The summed E-state index contributed by atoms with van der Waals surface area (Å²) in [5, 5.41) is 8.92. The summed E-state index contributed by atoms with van der Waals surface area (Å²) in [5.41, 5.74) is -0.427. The molecule has 0 saturated heterocycles. The molecule has 0 spiro atoms. The Labute approximate surface area is 128 Å². The van der Waals surface area contributed by atoms with Crippen LogP contribution in [0.1, 0.15) is 30.3 Å². The van der Waals surface area contributed by atoms with Gasteiger partial charge in [-0.3, -0.25) is 0 Å². The molecule has 1 saturated carbocycles. The molecule has 0 aromatic carbocycles. The van der Waals surface area contributed by atoms with E-state index in [9.17, 15) is 17.6 Å². The van der Waals surface area contributed by atoms with Crippen molar-refractivity contribution >= 4 is 16.0 Å². The molecule has 1 aliphatic carbocycles. The lowest BCUT2D eigenvalue weighted by molar-refractivity contribution is 0.0509. The van der Waals surface area contributed by atoms with Gasteiger partial charge < -0.3 is 14.4 Å². The van der Waals surface area contributed by atoms with Crippen molar-refractivity contribution in [2.75, 3.05) is 13.2 Å². The summed E-state index contributed by atoms with van der Waals surface area (Å²) in [7, 11) is -2.69. The van der Waals surface area contributed by atoms with Gasteiger partial charge in [0.1, 0.15) is 4.90 Å². The fraction of sp³-hybridized carbons (Fsp3) is 0.615. The van der Waals surface area contributed by atoms with Crippen LogP contribution in [0.2, 0.25) is 0 Å². The van der Waals surface area contributed by atoms with E-state index in [4.69, 9.17) is 9.84 Å². The summed E-state index contributed by atoms with van der Waals surface area (Å²) in [4.78, 5) is 11.1. The molecule has 0 aliphatic heterocycles. The first-order valence-electron chi connectivity index (χ1n) is 6.95. The molecule has 1 fully saturated rings. The summed E-state index contributed by atoms with van der Waals surface area (Å²) in [6.45, 7) is 1.64. The minimum absolute atomic E-state index is 0.00489. The largest absolute Gasteiger partial charge is 0.461 e. The lowest BCUT2D eigenvalue weighted by atomic mass is 9.82. The van der Waals surface area contributed by atoms with Crippen LogP contribution < -0.4 is 4.72 Å². The van der Waals surface area contributed by atoms with Crippen LogP contribution in [0.4, 0.5) is 4.39 Å². The van der Waals surface area contributed by atoms with E-state index in [2.05, 4.69) is 4.72 Å². The van der Waals surface area contributed by atoms with E-state index in [0.717, 1.165) is 10.8 Å². The molecule has 9 heteroatoms. The van der Waals surface area contributed by atoms with E-state index in [-0.39, 0.29) is 25.2 Å². The topological polar surface area (TPSA) is 97.6 Å². The van der Waals surface area contributed by atoms with Crippen molar-refractivity contribution in [3.05, 3.63) is 17.7 Å². The van der Waals surface area contributed by atoms with Crippen LogP contribution in [0.15, 0.2) is 11.1 Å². The summed E-state index contributed by atoms with van der Waals surface area (Å²) in [6.07, 6.45) is 2.07. The summed E-state index contributed by atoms with van der Waals surface area (Å²) in [5.74, 6) is -1.96. The summed E-state index contributed by atoms with van der Waals surface area (Å²) >= 11 is 0. The molecule has 7 nitrogen and oxygen atoms in total. The van der Waals surface area contributed by atoms with Gasteiger partial charge in [-0.1, -0.05) is 0 Å². The smallest absolute Gasteiger partial charge is 0.358 e. The zero-order valence-corrected chi connectivity index (χ0v) is 13.2. The highest BCUT2D eigenvalue weighted by molar-refractivity contribution is 7.89. The molecule has 0 bridgehead atoms. The van der Waals surface area contributed by atoms with Crippen LogP contribution in [0.5, 0.6) is 0 Å². The monoisotopic (exact) mass is 334 g/mol. The molecule has 0 atom stereocenters. The SMILES string of the molecule is CCOC(=O)c1c(F)c(S(=O)(=O)N[C@H]2C[C@@H](CO)C2)cn1C. The molecule has 0 unspecified atom stereocenters. The molecule has 0 amide bonds. The highest BCUT2D eigenvalue weighted by Crippen LogP contribution is 2.29. The normalized spacial score (nSPS) is 21.5. The average Bonchev–Trinajstić information content (AvgIpc) is 2.70. The van der Waals surface area contributed by atoms with Crippen molar-refractivity contribution in [2.24, 2.45) is 13.0 Å². The molecule has 2 N–H and O–H groups in total. The number of aromatic nitrogens is 1. The minimum Gasteiger partial charge on any atom is -0.461 e. The highest BCUT2D eigenvalue weighted by Gasteiger charge is 2.35. The second-order valence-corrected chi connectivity index (χ2v) is 7.01. The number of nitrogens with zero attached hydrogens (tertiary/aromatic N) is 1. The van der Waals surface area contributed by atoms with Gasteiger partial charge in [-0.15, -0.1) is 0 Å². The van der Waals surface area contributed by atoms with Crippen molar-refractivity contribution in [3.63, 3.8) is 0 Å². The molecular formula is C13H19FN2O5S. The van der Waals surface area contributed by atoms with Crippen molar-refractivity contribution in [1.82, 2.24) is 9.29 Å². The Morgan fingerprint density at radius 2 is 2.18 bits per heavy atom. The molecule has 124 valence electrons. The second kappa shape index (κ2) is 6.35. The maximum Gasteiger partial charge on any atom is 0.358 e. The van der Waals surface area contributed by atoms with Crippen molar-refractivity contribution in [1.29, 1.82) is 0 Å². The number of carbonyl (C=O) groups is 1. The Morgan fingerprint density at radius 3 is 2.73 bits per heavy atom. The van der Waals surface area contributed by atoms with Crippen LogP contribution in [0.3, 0.4) is 0 Å². The number of nitrogens with one attached hydrogen (secondary N) is 1. The zero-order chi connectivity index (χ0) is 16.5. The Morgan fingerprint density at radius 1 is 1.55 bits per heavy atom. The number of rotatable bonds is 6. The Balaban J connectivity index is 2.21. The molecule has 2 rings (SSSR count). The third kappa shape index (κ3) is 3.16. The molecule has 22 heavy (non-hydrogen) atoms. The lowest BCUT2D eigenvalue weighted by Crippen LogP contribution is -2.45. The van der Waals surface area contributed by atoms with Gasteiger partial charge in [0.15, 0.2) is 11.5 Å². The van der Waals surface area contributed by atoms with Gasteiger partial charge in [0, 0.05) is 25.9 Å². The zero-order valence-electron chi connectivity index (χ0n) is 12.4. The van der Waals surface area contributed by atoms with Gasteiger partial charge in [-0.05, 0) is 25.7 Å². The number of aliphatic hydroxyl groups excluding tert-OH is 1. The number of esters is 1. The number of aryl methyl sites for hydroxylation is 1. The molecule has 0 radical (unpaired) electrons. The first kappa shape index (κ1) is 16.9. The first-order valence-corrected chi connectivity index (χ1v) is 8.43. The van der Waals surface area contributed by atoms with E-state index in [1.165, 1.54) is 7.05 Å². The number of hydrogen-bond donors (Lipinski definition) is 2. The van der Waals surface area contributed by atoms with Gasteiger partial charge in [-0.2, -0.15) is 0 Å². The molecule has 1 aromatic heterocycles. The molecule has 1 aromatic rings. The fourth-order valence-electron chi connectivity index (χ4n) is 2.45. The van der Waals surface area contributed by atoms with Gasteiger partial charge in [-0.25, -0.2) is 22.3 Å². The Bertz CT molecular complexity index is 664. The standard InChI is InChI=1S/C13H19FN2O5S/c1-3-21-13(18)12-11(14)10(6-16(12)2)22(19,20)15-9-4-8(5-9)7-17/h6,8-9,15,17H,3-5,7H2,1-2H3/t8-,9+. The molecule has 1 aliphatic rings. The van der Waals surface area contributed by atoms with E-state index >= 15 is 0 Å². The summed E-state index contributed by atoms with van der Waals surface area (Å²) < 4.78 is 46.9. The Hall–Kier alpha value is -1.45. The maximum absolute atomic E-state index is 14.3. The minimum atomic E-state index is -4.07. The van der Waals surface area contributed by atoms with Gasteiger partial charge >= 0.3 is 5.97 Å². The van der Waals surface area contributed by atoms with Crippen LogP contribution in [0, 0.1) is 11.7 Å². The van der Waals surface area contributed by atoms with E-state index < -0.39 is 32.4 Å². The maximum atomic E-state index is 14.3. The highest BCUT2D eigenvalue weighted by atomic mass is 32.2. The van der Waals surface area contributed by atoms with Crippen molar-refractivity contribution in [2.45, 2.75) is 30.7 Å². The van der Waals surface area contributed by atoms with Crippen LogP contribution >= 0.6 is 0 Å². The second-order valence-electron chi connectivity index (χ2n) is 5.33. The molecule has 1 heterocycles. The fourth-order valence-corrected chi connectivity index (χ4v) is 3.84. The summed E-state index contributed by atoms with van der Waals surface area (Å²) in [6, 6.07) is -0.326. The van der Waals surface area contributed by atoms with Crippen LogP contribution in [-0.2, 0) is 21.8 Å². The number of aliphatic hydroxyl groups is 1.